The first-order valence-electron chi connectivity index (χ1n) is 9.68. The summed E-state index contributed by atoms with van der Waals surface area (Å²) in [6.45, 7) is 10.6. The molecule has 2 rings (SSSR count). The molecule has 2 heterocycles. The molecule has 0 aliphatic carbocycles. The van der Waals surface area contributed by atoms with Gasteiger partial charge in [-0.25, -0.2) is 4.79 Å². The van der Waals surface area contributed by atoms with Crippen LogP contribution in [-0.4, -0.2) is 76.0 Å². The van der Waals surface area contributed by atoms with Crippen molar-refractivity contribution in [2.24, 2.45) is 0 Å². The predicted molar refractivity (Wildman–Crippen MR) is 111 cm³/mol. The van der Waals surface area contributed by atoms with E-state index in [2.05, 4.69) is 22.7 Å². The number of hydrogen-bond acceptors (Lipinski definition) is 5. The molecule has 28 heavy (non-hydrogen) atoms. The summed E-state index contributed by atoms with van der Waals surface area (Å²) in [7, 11) is 0. The zero-order valence-electron chi connectivity index (χ0n) is 17.0. The van der Waals surface area contributed by atoms with Crippen LogP contribution in [0, 0.1) is 6.92 Å². The normalized spacial score (nSPS) is 15.1. The zero-order chi connectivity index (χ0) is 20.7. The van der Waals surface area contributed by atoms with Crippen LogP contribution < -0.4 is 10.6 Å². The number of carbonyl (C=O) groups is 2. The topological polar surface area (TPSA) is 91.7 Å². The van der Waals surface area contributed by atoms with Gasteiger partial charge in [-0.3, -0.25) is 9.48 Å². The number of anilines is 1. The van der Waals surface area contributed by atoms with Gasteiger partial charge in [0, 0.05) is 38.9 Å². The number of aromatic nitrogens is 2. The summed E-state index contributed by atoms with van der Waals surface area (Å²) in [4.78, 5) is 28.0. The van der Waals surface area contributed by atoms with Crippen molar-refractivity contribution in [3.8, 4) is 0 Å². The minimum absolute atomic E-state index is 0.0238. The monoisotopic (exact) mass is 410 g/mol. The largest absolute Gasteiger partial charge is 0.450 e. The third-order valence-electron chi connectivity index (χ3n) is 4.57. The first-order valence-corrected chi connectivity index (χ1v) is 10.1. The Morgan fingerprint density at radius 2 is 1.89 bits per heavy atom. The van der Waals surface area contributed by atoms with E-state index in [9.17, 15) is 9.59 Å². The number of ether oxygens (including phenoxy) is 1. The van der Waals surface area contributed by atoms with Crippen LogP contribution >= 0.6 is 12.2 Å². The molecule has 10 heteroatoms. The van der Waals surface area contributed by atoms with Crippen LogP contribution in [0.5, 0.6) is 0 Å². The van der Waals surface area contributed by atoms with Gasteiger partial charge in [-0.1, -0.05) is 6.92 Å². The van der Waals surface area contributed by atoms with Crippen molar-refractivity contribution < 1.29 is 14.3 Å². The quantitative estimate of drug-likeness (QED) is 0.690. The van der Waals surface area contributed by atoms with Gasteiger partial charge in [-0.15, -0.1) is 0 Å². The fourth-order valence-corrected chi connectivity index (χ4v) is 3.12. The molecule has 1 aliphatic rings. The van der Waals surface area contributed by atoms with Gasteiger partial charge in [-0.05, 0) is 39.4 Å². The molecule has 9 nitrogen and oxygen atoms in total. The highest BCUT2D eigenvalue weighted by Crippen LogP contribution is 2.18. The highest BCUT2D eigenvalue weighted by Gasteiger charge is 2.28. The zero-order valence-corrected chi connectivity index (χ0v) is 17.8. The second kappa shape index (κ2) is 10.3. The smallest absolute Gasteiger partial charge is 0.409 e. The van der Waals surface area contributed by atoms with E-state index in [1.54, 1.807) is 27.6 Å². The molecular weight excluding hydrogens is 380 g/mol. The third kappa shape index (κ3) is 5.57. The van der Waals surface area contributed by atoms with Crippen molar-refractivity contribution in [2.45, 2.75) is 40.2 Å². The third-order valence-corrected chi connectivity index (χ3v) is 4.82. The molecule has 0 radical (unpaired) electrons. The molecule has 1 atom stereocenters. The van der Waals surface area contributed by atoms with Crippen molar-refractivity contribution >= 4 is 35.0 Å². The Morgan fingerprint density at radius 1 is 1.25 bits per heavy atom. The van der Waals surface area contributed by atoms with E-state index in [1.807, 2.05) is 13.8 Å². The lowest BCUT2D eigenvalue weighted by Crippen LogP contribution is -2.52. The number of carbonyl (C=O) groups excluding carboxylic acids is 2. The van der Waals surface area contributed by atoms with Crippen LogP contribution in [0.15, 0.2) is 6.20 Å². The van der Waals surface area contributed by atoms with Crippen molar-refractivity contribution in [1.29, 1.82) is 0 Å². The second-order valence-electron chi connectivity index (χ2n) is 6.68. The van der Waals surface area contributed by atoms with Crippen LogP contribution in [-0.2, 0) is 9.53 Å². The van der Waals surface area contributed by atoms with Crippen LogP contribution in [0.1, 0.15) is 38.9 Å². The number of aryl methyl sites for hydroxylation is 1. The average Bonchev–Trinajstić information content (AvgIpc) is 3.05. The summed E-state index contributed by atoms with van der Waals surface area (Å²) in [5.41, 5.74) is 1.55. The molecule has 0 saturated carbocycles. The number of thiocarbonyl (C=S) groups is 1. The first kappa shape index (κ1) is 21.9. The van der Waals surface area contributed by atoms with Gasteiger partial charge < -0.3 is 25.2 Å². The van der Waals surface area contributed by atoms with Crippen molar-refractivity contribution in [1.82, 2.24) is 24.9 Å². The van der Waals surface area contributed by atoms with Crippen molar-refractivity contribution in [3.05, 3.63) is 11.9 Å². The summed E-state index contributed by atoms with van der Waals surface area (Å²) in [6.07, 6.45) is 2.45. The number of nitrogens with one attached hydrogen (secondary N) is 2. The second-order valence-corrected chi connectivity index (χ2v) is 7.08. The van der Waals surface area contributed by atoms with Crippen molar-refractivity contribution in [2.75, 3.05) is 44.6 Å². The minimum Gasteiger partial charge on any atom is -0.450 e. The predicted octanol–water partition coefficient (Wildman–Crippen LogP) is 1.75. The Balaban J connectivity index is 1.94. The van der Waals surface area contributed by atoms with Gasteiger partial charge in [0.05, 0.1) is 18.0 Å². The van der Waals surface area contributed by atoms with Gasteiger partial charge in [0.25, 0.3) is 0 Å². The number of piperazine rings is 1. The molecule has 1 saturated heterocycles. The van der Waals surface area contributed by atoms with E-state index >= 15 is 0 Å². The molecule has 1 aromatic heterocycles. The molecule has 1 fully saturated rings. The molecule has 0 spiro atoms. The highest BCUT2D eigenvalue weighted by molar-refractivity contribution is 7.80. The molecule has 2 N–H and O–H groups in total. The summed E-state index contributed by atoms with van der Waals surface area (Å²) in [5, 5.41) is 11.2. The Hall–Kier alpha value is -2.36. The Labute approximate surface area is 171 Å². The maximum Gasteiger partial charge on any atom is 0.409 e. The molecule has 156 valence electrons. The van der Waals surface area contributed by atoms with Crippen molar-refractivity contribution in [3.63, 3.8) is 0 Å². The number of amides is 2. The van der Waals surface area contributed by atoms with E-state index in [4.69, 9.17) is 17.0 Å². The number of hydrogen-bond donors (Lipinski definition) is 2. The fraction of sp³-hybridized carbons (Fsp3) is 0.667. The average molecular weight is 411 g/mol. The van der Waals surface area contributed by atoms with Crippen LogP contribution in [0.25, 0.3) is 0 Å². The molecule has 1 aromatic rings. The van der Waals surface area contributed by atoms with E-state index in [0.717, 1.165) is 24.3 Å². The highest BCUT2D eigenvalue weighted by atomic mass is 32.1. The molecule has 1 aliphatic heterocycles. The van der Waals surface area contributed by atoms with Crippen LogP contribution in [0.2, 0.25) is 0 Å². The lowest BCUT2D eigenvalue weighted by Gasteiger charge is -2.35. The Bertz CT molecular complexity index is 699. The number of nitrogens with zero attached hydrogens (tertiary/aromatic N) is 4. The van der Waals surface area contributed by atoms with E-state index in [0.29, 0.717) is 37.9 Å². The van der Waals surface area contributed by atoms with E-state index in [-0.39, 0.29) is 12.0 Å². The summed E-state index contributed by atoms with van der Waals surface area (Å²) in [6, 6.07) is -0.444. The van der Waals surface area contributed by atoms with Crippen LogP contribution in [0.3, 0.4) is 0 Å². The SMILES string of the molecule is CCCNC(=S)Nc1cn(C(C)C(=O)N2CCN(C(=O)OCC)CC2)nc1C. The van der Waals surface area contributed by atoms with E-state index in [1.165, 1.54) is 0 Å². The summed E-state index contributed by atoms with van der Waals surface area (Å²) < 4.78 is 6.67. The van der Waals surface area contributed by atoms with Gasteiger partial charge >= 0.3 is 6.09 Å². The summed E-state index contributed by atoms with van der Waals surface area (Å²) in [5.74, 6) is -0.0238. The molecule has 0 bridgehead atoms. The van der Waals surface area contributed by atoms with Gasteiger partial charge in [0.2, 0.25) is 5.91 Å². The molecule has 2 amide bonds. The maximum absolute atomic E-state index is 12.9. The van der Waals surface area contributed by atoms with E-state index < -0.39 is 6.04 Å². The van der Waals surface area contributed by atoms with Gasteiger partial charge in [0.15, 0.2) is 5.11 Å². The summed E-state index contributed by atoms with van der Waals surface area (Å²) >= 11 is 5.26. The van der Waals surface area contributed by atoms with Crippen LogP contribution in [0.4, 0.5) is 10.5 Å². The first-order chi connectivity index (χ1) is 13.4. The van der Waals surface area contributed by atoms with Gasteiger partial charge in [0.1, 0.15) is 6.04 Å². The Morgan fingerprint density at radius 3 is 2.50 bits per heavy atom. The molecule has 0 aromatic carbocycles. The fourth-order valence-electron chi connectivity index (χ4n) is 2.91. The lowest BCUT2D eigenvalue weighted by atomic mass is 10.2. The maximum atomic E-state index is 12.9. The molecular formula is C18H30N6O3S. The molecule has 1 unspecified atom stereocenters. The Kier molecular flexibility index (Phi) is 8.04. The van der Waals surface area contributed by atoms with Gasteiger partial charge in [-0.2, -0.15) is 5.10 Å². The minimum atomic E-state index is -0.444. The number of rotatable bonds is 6. The standard InChI is InChI=1S/C18H30N6O3S/c1-5-7-19-17(28)20-15-12-24(21-13(15)3)14(4)16(25)22-8-10-23(11-9-22)18(26)27-6-2/h12,14H,5-11H2,1-4H3,(H2,19,20,28). The lowest BCUT2D eigenvalue weighted by molar-refractivity contribution is -0.136.